The van der Waals surface area contributed by atoms with Gasteiger partial charge >= 0.3 is 0 Å². The number of hydrogen-bond acceptors (Lipinski definition) is 1. The van der Waals surface area contributed by atoms with E-state index in [1.807, 2.05) is 41.1 Å². The average Bonchev–Trinajstić information content (AvgIpc) is 2.77. The summed E-state index contributed by atoms with van der Waals surface area (Å²) in [4.78, 5) is 0. The van der Waals surface area contributed by atoms with Crippen LogP contribution >= 0.6 is 11.3 Å². The summed E-state index contributed by atoms with van der Waals surface area (Å²) in [6.07, 6.45) is 0. The molecule has 2 heteroatoms. The Balaban J connectivity index is 0.000000145. The third-order valence-corrected chi connectivity index (χ3v) is 2.05. The monoisotopic (exact) mass is 194 g/mol. The largest absolute Gasteiger partial charge is 0.246 e. The smallest absolute Gasteiger partial charge is 0.115 e. The molecule has 0 aliphatic rings. The van der Waals surface area contributed by atoms with E-state index in [9.17, 15) is 4.39 Å². The van der Waals surface area contributed by atoms with Crippen LogP contribution in [0.25, 0.3) is 0 Å². The summed E-state index contributed by atoms with van der Waals surface area (Å²) >= 11 is 1.71. The van der Waals surface area contributed by atoms with Gasteiger partial charge in [0.1, 0.15) is 6.67 Å². The van der Waals surface area contributed by atoms with E-state index in [1.54, 1.807) is 23.5 Å². The van der Waals surface area contributed by atoms with Gasteiger partial charge in [0.25, 0.3) is 0 Å². The third kappa shape index (κ3) is 4.43. The molecular formula is C11H11FS. The topological polar surface area (TPSA) is 0 Å². The van der Waals surface area contributed by atoms with Gasteiger partial charge in [0.05, 0.1) is 0 Å². The molecule has 1 aromatic heterocycles. The van der Waals surface area contributed by atoms with Crippen molar-refractivity contribution >= 4 is 11.3 Å². The Morgan fingerprint density at radius 3 is 1.85 bits per heavy atom. The summed E-state index contributed by atoms with van der Waals surface area (Å²) in [6, 6.07) is 13.1. The second-order valence-corrected chi connectivity index (χ2v) is 3.23. The van der Waals surface area contributed by atoms with Crippen molar-refractivity contribution in [3.8, 4) is 0 Å². The van der Waals surface area contributed by atoms with Crippen LogP contribution in [0, 0.1) is 0 Å². The van der Waals surface area contributed by atoms with E-state index in [2.05, 4.69) is 0 Å². The summed E-state index contributed by atoms with van der Waals surface area (Å²) < 4.78 is 11.7. The van der Waals surface area contributed by atoms with Gasteiger partial charge in [0, 0.05) is 0 Å². The fourth-order valence-electron chi connectivity index (χ4n) is 0.794. The molecule has 0 N–H and O–H groups in total. The van der Waals surface area contributed by atoms with Gasteiger partial charge in [-0.3, -0.25) is 0 Å². The van der Waals surface area contributed by atoms with Crippen LogP contribution in [-0.4, -0.2) is 0 Å². The van der Waals surface area contributed by atoms with Crippen LogP contribution in [-0.2, 0) is 6.67 Å². The van der Waals surface area contributed by atoms with Crippen molar-refractivity contribution in [3.05, 3.63) is 58.8 Å². The molecule has 0 bridgehead atoms. The van der Waals surface area contributed by atoms with Gasteiger partial charge in [-0.15, -0.1) is 0 Å². The molecule has 2 aromatic rings. The maximum absolute atomic E-state index is 11.7. The van der Waals surface area contributed by atoms with E-state index in [0.29, 0.717) is 0 Å². The van der Waals surface area contributed by atoms with E-state index < -0.39 is 0 Å². The molecule has 13 heavy (non-hydrogen) atoms. The zero-order chi connectivity index (χ0) is 9.36. The Morgan fingerprint density at radius 2 is 1.54 bits per heavy atom. The lowest BCUT2D eigenvalue weighted by atomic mass is 10.2. The molecule has 0 fully saturated rings. The third-order valence-electron chi connectivity index (χ3n) is 1.42. The van der Waals surface area contributed by atoms with Gasteiger partial charge in [0.15, 0.2) is 0 Å². The maximum atomic E-state index is 11.7. The van der Waals surface area contributed by atoms with Crippen molar-refractivity contribution in [2.75, 3.05) is 0 Å². The van der Waals surface area contributed by atoms with E-state index in [4.69, 9.17) is 0 Å². The minimum atomic E-state index is -0.360. The highest BCUT2D eigenvalue weighted by Gasteiger charge is 1.82. The predicted octanol–water partition coefficient (Wildman–Crippen LogP) is 3.90. The normalized spacial score (nSPS) is 8.69. The molecule has 0 amide bonds. The minimum absolute atomic E-state index is 0.360. The summed E-state index contributed by atoms with van der Waals surface area (Å²) in [6.45, 7) is -0.360. The van der Waals surface area contributed by atoms with Crippen LogP contribution in [0.3, 0.4) is 0 Å². The zero-order valence-electron chi connectivity index (χ0n) is 7.19. The molecule has 0 radical (unpaired) electrons. The molecule has 0 saturated heterocycles. The van der Waals surface area contributed by atoms with Crippen molar-refractivity contribution in [1.82, 2.24) is 0 Å². The highest BCUT2D eigenvalue weighted by Crippen LogP contribution is 1.98. The van der Waals surface area contributed by atoms with E-state index in [-0.39, 0.29) is 6.67 Å². The Labute approximate surface area is 81.7 Å². The Kier molecular flexibility index (Phi) is 4.87. The number of halogens is 1. The maximum Gasteiger partial charge on any atom is 0.115 e. The van der Waals surface area contributed by atoms with E-state index >= 15 is 0 Å². The van der Waals surface area contributed by atoms with Crippen LogP contribution in [0.4, 0.5) is 4.39 Å². The summed E-state index contributed by atoms with van der Waals surface area (Å²) in [5, 5.41) is 4.08. The van der Waals surface area contributed by atoms with Crippen LogP contribution in [0.2, 0.25) is 0 Å². The lowest BCUT2D eigenvalue weighted by molar-refractivity contribution is 0.485. The van der Waals surface area contributed by atoms with Crippen LogP contribution in [0.15, 0.2) is 53.2 Å². The molecule has 0 nitrogen and oxygen atoms in total. The first-order chi connectivity index (χ1) is 6.43. The fraction of sp³-hybridized carbons (Fsp3) is 0.0909. The lowest BCUT2D eigenvalue weighted by Gasteiger charge is -1.87. The number of alkyl halides is 1. The standard InChI is InChI=1S/C7H7F.C4H4S/c8-6-7-4-2-1-3-5-7;1-2-4-5-3-1/h1-5H,6H2;1-4H. The summed E-state index contributed by atoms with van der Waals surface area (Å²) in [5.74, 6) is 0. The van der Waals surface area contributed by atoms with E-state index in [0.717, 1.165) is 5.56 Å². The summed E-state index contributed by atoms with van der Waals surface area (Å²) in [7, 11) is 0. The predicted molar refractivity (Wildman–Crippen MR) is 55.6 cm³/mol. The molecule has 2 rings (SSSR count). The van der Waals surface area contributed by atoms with Gasteiger partial charge < -0.3 is 0 Å². The second kappa shape index (κ2) is 6.38. The average molecular weight is 194 g/mol. The quantitative estimate of drug-likeness (QED) is 0.645. The number of thiophene rings is 1. The lowest BCUT2D eigenvalue weighted by Crippen LogP contribution is -1.72. The van der Waals surface area contributed by atoms with Crippen molar-refractivity contribution < 1.29 is 4.39 Å². The van der Waals surface area contributed by atoms with Gasteiger partial charge in [-0.2, -0.15) is 11.3 Å². The molecule has 0 saturated carbocycles. The number of hydrogen-bond donors (Lipinski definition) is 0. The Hall–Kier alpha value is -1.15. The molecule has 0 spiro atoms. The molecule has 1 heterocycles. The highest BCUT2D eigenvalue weighted by atomic mass is 32.1. The highest BCUT2D eigenvalue weighted by molar-refractivity contribution is 7.07. The molecule has 0 atom stereocenters. The second-order valence-electron chi connectivity index (χ2n) is 2.41. The van der Waals surface area contributed by atoms with Crippen molar-refractivity contribution in [1.29, 1.82) is 0 Å². The molecule has 0 aliphatic carbocycles. The van der Waals surface area contributed by atoms with E-state index in [1.165, 1.54) is 0 Å². The first kappa shape index (κ1) is 9.93. The van der Waals surface area contributed by atoms with Crippen LogP contribution in [0.5, 0.6) is 0 Å². The van der Waals surface area contributed by atoms with Gasteiger partial charge in [-0.05, 0) is 16.3 Å². The minimum Gasteiger partial charge on any atom is -0.246 e. The van der Waals surface area contributed by atoms with Crippen molar-refractivity contribution in [2.45, 2.75) is 6.67 Å². The summed E-state index contributed by atoms with van der Waals surface area (Å²) in [5.41, 5.74) is 0.743. The van der Waals surface area contributed by atoms with Crippen LogP contribution < -0.4 is 0 Å². The molecule has 68 valence electrons. The van der Waals surface area contributed by atoms with Crippen molar-refractivity contribution in [2.24, 2.45) is 0 Å². The zero-order valence-corrected chi connectivity index (χ0v) is 8.01. The molecule has 0 unspecified atom stereocenters. The first-order valence-electron chi connectivity index (χ1n) is 4.00. The fourth-order valence-corrected chi connectivity index (χ4v) is 1.25. The van der Waals surface area contributed by atoms with Crippen molar-refractivity contribution in [3.63, 3.8) is 0 Å². The Bertz CT molecular complexity index is 272. The van der Waals surface area contributed by atoms with Gasteiger partial charge in [-0.25, -0.2) is 4.39 Å². The number of rotatable bonds is 1. The SMILES string of the molecule is FCc1ccccc1.c1ccsc1. The molecular weight excluding hydrogens is 183 g/mol. The number of benzene rings is 1. The molecule has 0 aliphatic heterocycles. The molecule has 1 aromatic carbocycles. The van der Waals surface area contributed by atoms with Crippen LogP contribution in [0.1, 0.15) is 5.56 Å². The Morgan fingerprint density at radius 1 is 0.923 bits per heavy atom. The first-order valence-corrected chi connectivity index (χ1v) is 4.95. The van der Waals surface area contributed by atoms with Gasteiger partial charge in [0.2, 0.25) is 0 Å². The van der Waals surface area contributed by atoms with Gasteiger partial charge in [-0.1, -0.05) is 42.5 Å².